The van der Waals surface area contributed by atoms with Gasteiger partial charge in [-0.2, -0.15) is 0 Å². The van der Waals surface area contributed by atoms with E-state index >= 15 is 0 Å². The number of likely N-dealkylation sites (tertiary alicyclic amines) is 1. The Morgan fingerprint density at radius 3 is 2.81 bits per heavy atom. The largest absolute Gasteiger partial charge is 0.479 e. The lowest BCUT2D eigenvalue weighted by Crippen LogP contribution is -2.76. The summed E-state index contributed by atoms with van der Waals surface area (Å²) in [5.41, 5.74) is 0.329. The summed E-state index contributed by atoms with van der Waals surface area (Å²) >= 11 is 0. The van der Waals surface area contributed by atoms with Crippen molar-refractivity contribution in [2.45, 2.75) is 75.3 Å². The molecule has 1 spiro atoms. The summed E-state index contributed by atoms with van der Waals surface area (Å²) < 4.78 is 13.2. The standard InChI is InChI=1S/C32H48N6O4/c1-5-27(39)38-16-15-37(19-24(38)18-33-3)30-25-12-13-32(21(2)17-22-9-6-7-11-26(22)42-32)29(40)28(25)34-31(35-30)41-20-23-10-8-14-36(23)4/h5-7,9,11,21,23-25,28,30-31,33-35H,1,8,10,12-20H2,2-4H3/t21?,23?,24?,25?,28?,30?,31?,32-/m0/s1. The number of rotatable bonds is 7. The van der Waals surface area contributed by atoms with Gasteiger partial charge in [-0.15, -0.1) is 0 Å². The van der Waals surface area contributed by atoms with Gasteiger partial charge in [0.2, 0.25) is 5.91 Å². The highest BCUT2D eigenvalue weighted by atomic mass is 16.5. The van der Waals surface area contributed by atoms with E-state index in [1.807, 2.05) is 30.1 Å². The highest BCUT2D eigenvalue weighted by Crippen LogP contribution is 2.46. The molecule has 0 bridgehead atoms. The molecule has 1 saturated carbocycles. The Hall–Kier alpha value is -2.34. The van der Waals surface area contributed by atoms with E-state index in [4.69, 9.17) is 9.47 Å². The molecular formula is C32H48N6O4. The first-order valence-corrected chi connectivity index (χ1v) is 15.8. The Labute approximate surface area is 250 Å². The molecular weight excluding hydrogens is 532 g/mol. The van der Waals surface area contributed by atoms with Gasteiger partial charge in [-0.25, -0.2) is 0 Å². The van der Waals surface area contributed by atoms with Crippen LogP contribution in [0.2, 0.25) is 0 Å². The molecule has 3 saturated heterocycles. The number of nitrogens with one attached hydrogen (secondary N) is 3. The van der Waals surface area contributed by atoms with Crippen LogP contribution in [0.25, 0.3) is 0 Å². The van der Waals surface area contributed by atoms with Crippen LogP contribution in [-0.2, 0) is 20.7 Å². The van der Waals surface area contributed by atoms with Crippen molar-refractivity contribution in [3.63, 3.8) is 0 Å². The van der Waals surface area contributed by atoms with Crippen molar-refractivity contribution in [3.8, 4) is 5.75 Å². The minimum Gasteiger partial charge on any atom is -0.479 e. The number of benzene rings is 1. The summed E-state index contributed by atoms with van der Waals surface area (Å²) in [4.78, 5) is 34.0. The molecule has 1 aromatic rings. The zero-order valence-electron chi connectivity index (χ0n) is 25.4. The SMILES string of the molecule is C=CC(=O)N1CCN(C2NC(OCC3CCCN3C)NC3C(=O)[C@@]4(CCC32)Oc2ccccc2CC4C)CC1CNC. The van der Waals surface area contributed by atoms with E-state index < -0.39 is 12.0 Å². The van der Waals surface area contributed by atoms with Gasteiger partial charge in [-0.1, -0.05) is 31.7 Å². The van der Waals surface area contributed by atoms with Crippen molar-refractivity contribution < 1.29 is 19.1 Å². The first-order chi connectivity index (χ1) is 20.3. The molecule has 4 heterocycles. The average molecular weight is 581 g/mol. The Bertz CT molecular complexity index is 1170. The molecule has 42 heavy (non-hydrogen) atoms. The third kappa shape index (κ3) is 5.42. The number of ketones is 1. The molecule has 10 heteroatoms. The van der Waals surface area contributed by atoms with Crippen LogP contribution < -0.4 is 20.7 Å². The van der Waals surface area contributed by atoms with E-state index in [0.29, 0.717) is 38.7 Å². The van der Waals surface area contributed by atoms with E-state index in [2.05, 4.69) is 52.4 Å². The van der Waals surface area contributed by atoms with Crippen molar-refractivity contribution in [3.05, 3.63) is 42.5 Å². The van der Waals surface area contributed by atoms with Crippen LogP contribution in [-0.4, -0.2) is 116 Å². The molecule has 1 aliphatic carbocycles. The first-order valence-electron chi connectivity index (χ1n) is 15.8. The van der Waals surface area contributed by atoms with Gasteiger partial charge in [0.1, 0.15) is 5.75 Å². The summed E-state index contributed by atoms with van der Waals surface area (Å²) in [7, 11) is 4.07. The van der Waals surface area contributed by atoms with Crippen LogP contribution in [0, 0.1) is 11.8 Å². The molecule has 0 radical (unpaired) electrons. The second-order valence-corrected chi connectivity index (χ2v) is 13.0. The molecule has 8 atom stereocenters. The van der Waals surface area contributed by atoms with E-state index in [-0.39, 0.29) is 41.8 Å². The number of hydrogen-bond donors (Lipinski definition) is 3. The van der Waals surface area contributed by atoms with Crippen LogP contribution in [0.5, 0.6) is 5.75 Å². The van der Waals surface area contributed by atoms with Crippen molar-refractivity contribution in [1.82, 2.24) is 30.7 Å². The van der Waals surface area contributed by atoms with E-state index in [1.54, 1.807) is 0 Å². The van der Waals surface area contributed by atoms with Crippen molar-refractivity contribution >= 4 is 11.7 Å². The predicted octanol–water partition coefficient (Wildman–Crippen LogP) is 1.18. The third-order valence-corrected chi connectivity index (χ3v) is 10.6. The number of carbonyl (C=O) groups excluding carboxylic acids is 2. The Morgan fingerprint density at radius 1 is 1.21 bits per heavy atom. The maximum absolute atomic E-state index is 14.6. The van der Waals surface area contributed by atoms with Gasteiger partial charge in [-0.05, 0) is 70.5 Å². The summed E-state index contributed by atoms with van der Waals surface area (Å²) in [6.45, 7) is 10.3. The highest BCUT2D eigenvalue weighted by Gasteiger charge is 2.59. The number of hydrogen-bond acceptors (Lipinski definition) is 9. The Morgan fingerprint density at radius 2 is 2.05 bits per heavy atom. The number of para-hydroxylation sites is 1. The van der Waals surface area contributed by atoms with Crippen LogP contribution >= 0.6 is 0 Å². The quantitative estimate of drug-likeness (QED) is 0.411. The number of carbonyl (C=O) groups is 2. The van der Waals surface area contributed by atoms with Crippen molar-refractivity contribution in [1.29, 1.82) is 0 Å². The second-order valence-electron chi connectivity index (χ2n) is 13.0. The van der Waals surface area contributed by atoms with E-state index in [1.165, 1.54) is 18.1 Å². The third-order valence-electron chi connectivity index (χ3n) is 10.6. The van der Waals surface area contributed by atoms with Crippen LogP contribution in [0.15, 0.2) is 36.9 Å². The fourth-order valence-corrected chi connectivity index (χ4v) is 8.13. The van der Waals surface area contributed by atoms with Gasteiger partial charge < -0.3 is 24.6 Å². The molecule has 6 rings (SSSR count). The topological polar surface area (TPSA) is 98.4 Å². The van der Waals surface area contributed by atoms with Gasteiger partial charge >= 0.3 is 0 Å². The minimum atomic E-state index is -0.843. The van der Waals surface area contributed by atoms with Gasteiger partial charge in [0.25, 0.3) is 0 Å². The predicted molar refractivity (Wildman–Crippen MR) is 161 cm³/mol. The zero-order valence-corrected chi connectivity index (χ0v) is 25.4. The molecule has 10 nitrogen and oxygen atoms in total. The molecule has 4 aliphatic heterocycles. The average Bonchev–Trinajstić information content (AvgIpc) is 3.42. The molecule has 230 valence electrons. The number of likely N-dealkylation sites (N-methyl/N-ethyl adjacent to an activating group) is 2. The molecule has 4 fully saturated rings. The summed E-state index contributed by atoms with van der Waals surface area (Å²) in [5.74, 6) is 1.08. The first kappa shape index (κ1) is 29.7. The van der Waals surface area contributed by atoms with Crippen molar-refractivity contribution in [2.75, 3.05) is 53.4 Å². The van der Waals surface area contributed by atoms with Gasteiger partial charge in [-0.3, -0.25) is 25.1 Å². The highest BCUT2D eigenvalue weighted by molar-refractivity contribution is 5.94. The second kappa shape index (κ2) is 12.3. The number of piperazine rings is 1. The Balaban J connectivity index is 1.25. The van der Waals surface area contributed by atoms with Gasteiger partial charge in [0, 0.05) is 44.1 Å². The molecule has 1 amide bonds. The van der Waals surface area contributed by atoms with Crippen LogP contribution in [0.4, 0.5) is 0 Å². The fourth-order valence-electron chi connectivity index (χ4n) is 8.13. The lowest BCUT2D eigenvalue weighted by atomic mass is 9.65. The smallest absolute Gasteiger partial charge is 0.246 e. The number of fused-ring (bicyclic) bond motifs is 2. The monoisotopic (exact) mass is 580 g/mol. The lowest BCUT2D eigenvalue weighted by Gasteiger charge is -2.56. The lowest BCUT2D eigenvalue weighted by molar-refractivity contribution is -0.165. The normalized spacial score (nSPS) is 37.3. The molecule has 7 unspecified atom stereocenters. The summed E-state index contributed by atoms with van der Waals surface area (Å²) in [6, 6.07) is 8.13. The summed E-state index contributed by atoms with van der Waals surface area (Å²) in [6.07, 6.45) is 5.58. The van der Waals surface area contributed by atoms with Gasteiger partial charge in [0.15, 0.2) is 17.7 Å². The fraction of sp³-hybridized carbons (Fsp3) is 0.688. The molecule has 1 aromatic carbocycles. The molecule has 0 aromatic heterocycles. The number of amides is 1. The summed E-state index contributed by atoms with van der Waals surface area (Å²) in [5, 5.41) is 10.6. The van der Waals surface area contributed by atoms with Crippen molar-refractivity contribution in [2.24, 2.45) is 11.8 Å². The maximum Gasteiger partial charge on any atom is 0.246 e. The van der Waals surface area contributed by atoms with Gasteiger partial charge in [0.05, 0.1) is 24.9 Å². The molecule has 3 N–H and O–H groups in total. The molecule has 5 aliphatic rings. The maximum atomic E-state index is 14.6. The Kier molecular flexibility index (Phi) is 8.73. The van der Waals surface area contributed by atoms with E-state index in [0.717, 1.165) is 38.1 Å². The van der Waals surface area contributed by atoms with Crippen LogP contribution in [0.1, 0.15) is 38.2 Å². The number of Topliss-reactive ketones (excluding diaryl/α,β-unsaturated/α-hetero) is 1. The van der Waals surface area contributed by atoms with E-state index in [9.17, 15) is 9.59 Å². The zero-order chi connectivity index (χ0) is 29.4. The number of ether oxygens (including phenoxy) is 2. The minimum absolute atomic E-state index is 0.0136. The number of nitrogens with zero attached hydrogens (tertiary/aromatic N) is 3. The van der Waals surface area contributed by atoms with Crippen LogP contribution in [0.3, 0.4) is 0 Å².